The Balaban J connectivity index is 2.55. The minimum Gasteiger partial charge on any atom is -0.394 e. The average molecular weight is 422 g/mol. The summed E-state index contributed by atoms with van der Waals surface area (Å²) in [4.78, 5) is 41.4. The van der Waals surface area contributed by atoms with Crippen LogP contribution in [0.3, 0.4) is 0 Å². The van der Waals surface area contributed by atoms with E-state index in [9.17, 15) is 19.5 Å². The normalized spacial score (nSPS) is 29.7. The maximum absolute atomic E-state index is 13.7. The van der Waals surface area contributed by atoms with Crippen LogP contribution in [0.25, 0.3) is 0 Å². The van der Waals surface area contributed by atoms with Gasteiger partial charge in [0.1, 0.15) is 6.04 Å². The number of carbonyl (C=O) groups is 3. The van der Waals surface area contributed by atoms with E-state index >= 15 is 0 Å². The van der Waals surface area contributed by atoms with Gasteiger partial charge >= 0.3 is 0 Å². The molecule has 6 atom stereocenters. The first-order valence-corrected chi connectivity index (χ1v) is 11.1. The first-order valence-electron chi connectivity index (χ1n) is 11.1. The van der Waals surface area contributed by atoms with Crippen LogP contribution in [0.2, 0.25) is 0 Å². The summed E-state index contributed by atoms with van der Waals surface area (Å²) in [7, 11) is 1.58. The molecule has 1 heterocycles. The molecule has 0 aromatic rings. The summed E-state index contributed by atoms with van der Waals surface area (Å²) in [5, 5.41) is 15.8. The van der Waals surface area contributed by atoms with E-state index in [0.717, 1.165) is 6.42 Å². The minimum atomic E-state index is -0.737. The number of allylic oxidation sites excluding steroid dienone is 1. The fourth-order valence-corrected chi connectivity index (χ4v) is 5.02. The van der Waals surface area contributed by atoms with Gasteiger partial charge < -0.3 is 20.6 Å². The predicted octanol–water partition coefficient (Wildman–Crippen LogP) is 1.71. The molecule has 0 aromatic heterocycles. The molecule has 0 aromatic carbocycles. The molecule has 7 heteroatoms. The molecule has 0 spiro atoms. The van der Waals surface area contributed by atoms with Gasteiger partial charge in [0.05, 0.1) is 24.5 Å². The van der Waals surface area contributed by atoms with Gasteiger partial charge in [-0.1, -0.05) is 32.9 Å². The van der Waals surface area contributed by atoms with Crippen LogP contribution in [0, 0.1) is 29.6 Å². The van der Waals surface area contributed by atoms with E-state index in [-0.39, 0.29) is 36.2 Å². The molecule has 1 saturated heterocycles. The first-order chi connectivity index (χ1) is 14.0. The van der Waals surface area contributed by atoms with Crippen LogP contribution in [0.1, 0.15) is 54.4 Å². The van der Waals surface area contributed by atoms with E-state index in [1.165, 1.54) is 0 Å². The molecule has 0 unspecified atom stereocenters. The lowest BCUT2D eigenvalue weighted by Gasteiger charge is -2.36. The number of hydrogen-bond donors (Lipinski definition) is 3. The van der Waals surface area contributed by atoms with Crippen molar-refractivity contribution < 1.29 is 19.5 Å². The number of rotatable bonds is 7. The lowest BCUT2D eigenvalue weighted by Crippen LogP contribution is -2.55. The standard InChI is InChI=1S/C23H39N3O4/c1-8-14-9-10-16-18(17(14)20(28)24-7)22(30)26(15(12-27)11-13(2)3)19(16)21(29)25-23(4,5)6/h9-10,13-19,27H,8,11-12H2,1-7H3,(H,24,28)(H,25,29)/t14-,15-,16+,17-,18+,19+/m1/s1. The summed E-state index contributed by atoms with van der Waals surface area (Å²) in [5.41, 5.74) is -0.457. The Morgan fingerprint density at radius 1 is 1.20 bits per heavy atom. The van der Waals surface area contributed by atoms with E-state index in [1.54, 1.807) is 11.9 Å². The summed E-state index contributed by atoms with van der Waals surface area (Å²) < 4.78 is 0. The zero-order valence-corrected chi connectivity index (χ0v) is 19.4. The molecule has 2 rings (SSSR count). The van der Waals surface area contributed by atoms with Gasteiger partial charge in [-0.3, -0.25) is 14.4 Å². The van der Waals surface area contributed by atoms with Crippen molar-refractivity contribution in [2.24, 2.45) is 29.6 Å². The van der Waals surface area contributed by atoms with E-state index in [0.29, 0.717) is 6.42 Å². The van der Waals surface area contributed by atoms with Crippen LogP contribution >= 0.6 is 0 Å². The van der Waals surface area contributed by atoms with Gasteiger partial charge in [0.25, 0.3) is 0 Å². The van der Waals surface area contributed by atoms with Crippen LogP contribution in [0.5, 0.6) is 0 Å². The van der Waals surface area contributed by atoms with Crippen LogP contribution < -0.4 is 10.6 Å². The van der Waals surface area contributed by atoms with Crippen molar-refractivity contribution in [2.45, 2.75) is 72.0 Å². The smallest absolute Gasteiger partial charge is 0.243 e. The van der Waals surface area contributed by atoms with Gasteiger partial charge in [-0.05, 0) is 45.4 Å². The van der Waals surface area contributed by atoms with E-state index in [2.05, 4.69) is 10.6 Å². The Bertz CT molecular complexity index is 682. The fraction of sp³-hybridized carbons (Fsp3) is 0.783. The second-order valence-corrected chi connectivity index (χ2v) is 10.1. The second-order valence-electron chi connectivity index (χ2n) is 10.1. The maximum Gasteiger partial charge on any atom is 0.243 e. The zero-order valence-electron chi connectivity index (χ0n) is 19.4. The van der Waals surface area contributed by atoms with Gasteiger partial charge in [-0.25, -0.2) is 0 Å². The van der Waals surface area contributed by atoms with Crippen molar-refractivity contribution in [1.29, 1.82) is 0 Å². The number of hydrogen-bond acceptors (Lipinski definition) is 4. The SMILES string of the molecule is CC[C@@H]1C=C[C@H]2[C@H](C(=O)N([C@@H](CO)CC(C)C)[C@@H]2C(=O)NC(C)(C)C)[C@@H]1C(=O)NC. The lowest BCUT2D eigenvalue weighted by molar-refractivity contribution is -0.144. The number of carbonyl (C=O) groups excluding carboxylic acids is 3. The highest BCUT2D eigenvalue weighted by atomic mass is 16.3. The van der Waals surface area contributed by atoms with E-state index in [4.69, 9.17) is 0 Å². The van der Waals surface area contributed by atoms with Crippen molar-refractivity contribution in [3.05, 3.63) is 12.2 Å². The largest absolute Gasteiger partial charge is 0.394 e. The van der Waals surface area contributed by atoms with Gasteiger partial charge in [0.15, 0.2) is 0 Å². The van der Waals surface area contributed by atoms with Crippen molar-refractivity contribution in [2.75, 3.05) is 13.7 Å². The third kappa shape index (κ3) is 4.88. The predicted molar refractivity (Wildman–Crippen MR) is 116 cm³/mol. The third-order valence-corrected chi connectivity index (χ3v) is 6.18. The van der Waals surface area contributed by atoms with Crippen LogP contribution in [-0.4, -0.2) is 59.0 Å². The minimum absolute atomic E-state index is 0.0564. The zero-order chi connectivity index (χ0) is 22.8. The Morgan fingerprint density at radius 2 is 1.83 bits per heavy atom. The number of fused-ring (bicyclic) bond motifs is 1. The first kappa shape index (κ1) is 24.4. The van der Waals surface area contributed by atoms with Crippen molar-refractivity contribution in [1.82, 2.24) is 15.5 Å². The monoisotopic (exact) mass is 421 g/mol. The molecule has 7 nitrogen and oxygen atoms in total. The van der Waals surface area contributed by atoms with Crippen molar-refractivity contribution >= 4 is 17.7 Å². The number of amides is 3. The Labute approximate surface area is 180 Å². The molecule has 1 fully saturated rings. The lowest BCUT2D eigenvalue weighted by atomic mass is 9.68. The van der Waals surface area contributed by atoms with Crippen LogP contribution in [-0.2, 0) is 14.4 Å². The van der Waals surface area contributed by atoms with Crippen LogP contribution in [0.4, 0.5) is 0 Å². The van der Waals surface area contributed by atoms with Gasteiger partial charge in [0, 0.05) is 18.5 Å². The highest BCUT2D eigenvalue weighted by molar-refractivity contribution is 5.97. The van der Waals surface area contributed by atoms with Crippen molar-refractivity contribution in [3.8, 4) is 0 Å². The Kier molecular flexibility index (Phi) is 7.72. The molecule has 1 aliphatic heterocycles. The quantitative estimate of drug-likeness (QED) is 0.545. The molecule has 3 amide bonds. The number of likely N-dealkylation sites (tertiary alicyclic amines) is 1. The summed E-state index contributed by atoms with van der Waals surface area (Å²) in [5.74, 6) is -1.93. The molecule has 2 aliphatic rings. The molecule has 0 radical (unpaired) electrons. The van der Waals surface area contributed by atoms with E-state index in [1.807, 2.05) is 53.7 Å². The number of aliphatic hydroxyl groups is 1. The highest BCUT2D eigenvalue weighted by Crippen LogP contribution is 2.46. The maximum atomic E-state index is 13.7. The highest BCUT2D eigenvalue weighted by Gasteiger charge is 2.58. The average Bonchev–Trinajstić information content (AvgIpc) is 2.95. The van der Waals surface area contributed by atoms with Crippen molar-refractivity contribution in [3.63, 3.8) is 0 Å². The summed E-state index contributed by atoms with van der Waals surface area (Å²) in [6.45, 7) is 11.5. The molecule has 0 bridgehead atoms. The second kappa shape index (κ2) is 9.50. The number of nitrogens with zero attached hydrogens (tertiary/aromatic N) is 1. The fourth-order valence-electron chi connectivity index (χ4n) is 5.02. The summed E-state index contributed by atoms with van der Waals surface area (Å²) >= 11 is 0. The molecule has 1 aliphatic carbocycles. The van der Waals surface area contributed by atoms with Gasteiger partial charge in [-0.2, -0.15) is 0 Å². The molecule has 0 saturated carbocycles. The van der Waals surface area contributed by atoms with Crippen LogP contribution in [0.15, 0.2) is 12.2 Å². The number of aliphatic hydroxyl groups excluding tert-OH is 1. The Hall–Kier alpha value is -1.89. The molecule has 170 valence electrons. The summed E-state index contributed by atoms with van der Waals surface area (Å²) in [6, 6.07) is -1.20. The number of nitrogens with one attached hydrogen (secondary N) is 2. The van der Waals surface area contributed by atoms with E-state index < -0.39 is 35.4 Å². The third-order valence-electron chi connectivity index (χ3n) is 6.18. The molecule has 3 N–H and O–H groups in total. The summed E-state index contributed by atoms with van der Waals surface area (Å²) in [6.07, 6.45) is 5.27. The topological polar surface area (TPSA) is 98.7 Å². The van der Waals surface area contributed by atoms with Gasteiger partial charge in [0.2, 0.25) is 17.7 Å². The molecular formula is C23H39N3O4. The molecular weight excluding hydrogens is 382 g/mol. The Morgan fingerprint density at radius 3 is 2.30 bits per heavy atom. The van der Waals surface area contributed by atoms with Gasteiger partial charge in [-0.15, -0.1) is 0 Å². The molecule has 30 heavy (non-hydrogen) atoms.